The van der Waals surface area contributed by atoms with Gasteiger partial charge in [-0.05, 0) is 18.6 Å². The zero-order chi connectivity index (χ0) is 9.54. The second kappa shape index (κ2) is 2.64. The Morgan fingerprint density at radius 1 is 1.21 bits per heavy atom. The summed E-state index contributed by atoms with van der Waals surface area (Å²) in [5.74, 6) is 0. The van der Waals surface area contributed by atoms with Gasteiger partial charge in [0.05, 0.1) is 5.69 Å². The van der Waals surface area contributed by atoms with Crippen molar-refractivity contribution in [3.63, 3.8) is 0 Å². The lowest BCUT2D eigenvalue weighted by Crippen LogP contribution is -1.85. The van der Waals surface area contributed by atoms with Gasteiger partial charge in [-0.15, -0.1) is 0 Å². The van der Waals surface area contributed by atoms with Gasteiger partial charge >= 0.3 is 0 Å². The quantitative estimate of drug-likeness (QED) is 0.533. The third kappa shape index (κ3) is 0.970. The molecule has 1 heterocycles. The Bertz CT molecular complexity index is 503. The Morgan fingerprint density at radius 3 is 3.07 bits per heavy atom. The molecule has 0 N–H and O–H groups in total. The van der Waals surface area contributed by atoms with E-state index in [4.69, 9.17) is 0 Å². The first kappa shape index (κ1) is 7.68. The smallest absolute Gasteiger partial charge is 0.116 e. The predicted molar refractivity (Wildman–Crippen MR) is 55.0 cm³/mol. The Kier molecular flexibility index (Phi) is 1.45. The highest BCUT2D eigenvalue weighted by atomic mass is 14.8. The van der Waals surface area contributed by atoms with E-state index in [0.29, 0.717) is 0 Å². The lowest BCUT2D eigenvalue weighted by Gasteiger charge is -1.99. The zero-order valence-corrected chi connectivity index (χ0v) is 7.99. The van der Waals surface area contributed by atoms with Crippen molar-refractivity contribution >= 4 is 0 Å². The minimum absolute atomic E-state index is 0.978. The fourth-order valence-electron chi connectivity index (χ4n) is 2.00. The van der Waals surface area contributed by atoms with Crippen molar-refractivity contribution < 1.29 is 0 Å². The monoisotopic (exact) mass is 182 g/mol. The van der Waals surface area contributed by atoms with Crippen LogP contribution in [0.2, 0.25) is 0 Å². The van der Waals surface area contributed by atoms with Gasteiger partial charge in [0, 0.05) is 23.7 Å². The molecule has 0 fully saturated rings. The Hall–Kier alpha value is -1.70. The zero-order valence-electron chi connectivity index (χ0n) is 7.99. The van der Waals surface area contributed by atoms with E-state index in [0.717, 1.165) is 12.1 Å². The Morgan fingerprint density at radius 2 is 2.14 bits per heavy atom. The van der Waals surface area contributed by atoms with Crippen molar-refractivity contribution in [1.29, 1.82) is 0 Å². The van der Waals surface area contributed by atoms with Crippen LogP contribution in [0.15, 0.2) is 30.7 Å². The van der Waals surface area contributed by atoms with Gasteiger partial charge in [-0.3, -0.25) is 0 Å². The normalized spacial score (nSPS) is 12.4. The third-order valence-corrected chi connectivity index (χ3v) is 2.69. The molecule has 68 valence electrons. The molecule has 0 bridgehead atoms. The minimum Gasteiger partial charge on any atom is -0.244 e. The van der Waals surface area contributed by atoms with Crippen LogP contribution < -0.4 is 0 Å². The van der Waals surface area contributed by atoms with Gasteiger partial charge in [0.25, 0.3) is 0 Å². The number of nitrogens with zero attached hydrogens (tertiary/aromatic N) is 2. The molecule has 3 rings (SSSR count). The van der Waals surface area contributed by atoms with Crippen molar-refractivity contribution in [2.75, 3.05) is 0 Å². The van der Waals surface area contributed by atoms with Crippen molar-refractivity contribution in [2.45, 2.75) is 13.3 Å². The standard InChI is InChI=1S/C12H10N2/c1-8-2-3-9-5-10-6-13-7-14-12(10)11(9)4-8/h2-4,6-7H,5H2,1H3. The maximum atomic E-state index is 4.33. The van der Waals surface area contributed by atoms with Gasteiger partial charge in [-0.1, -0.05) is 17.7 Å². The molecule has 0 radical (unpaired) electrons. The van der Waals surface area contributed by atoms with Crippen molar-refractivity contribution in [3.05, 3.63) is 47.4 Å². The number of benzene rings is 1. The van der Waals surface area contributed by atoms with Crippen LogP contribution >= 0.6 is 0 Å². The molecule has 0 aliphatic heterocycles. The van der Waals surface area contributed by atoms with Crippen LogP contribution in [0.4, 0.5) is 0 Å². The molecule has 1 aliphatic carbocycles. The molecule has 1 aliphatic rings. The molecule has 2 aromatic rings. The van der Waals surface area contributed by atoms with E-state index in [1.807, 2.05) is 6.20 Å². The minimum atomic E-state index is 0.978. The van der Waals surface area contributed by atoms with Gasteiger partial charge < -0.3 is 0 Å². The summed E-state index contributed by atoms with van der Waals surface area (Å²) in [6, 6.07) is 6.54. The van der Waals surface area contributed by atoms with Crippen molar-refractivity contribution in [3.8, 4) is 11.3 Å². The van der Waals surface area contributed by atoms with E-state index in [-0.39, 0.29) is 0 Å². The predicted octanol–water partition coefficient (Wildman–Crippen LogP) is 2.36. The SMILES string of the molecule is Cc1ccc2c(c1)-c1ncncc1C2. The van der Waals surface area contributed by atoms with Crippen molar-refractivity contribution in [1.82, 2.24) is 9.97 Å². The summed E-state index contributed by atoms with van der Waals surface area (Å²) >= 11 is 0. The highest BCUT2D eigenvalue weighted by Gasteiger charge is 2.18. The first-order valence-electron chi connectivity index (χ1n) is 4.73. The van der Waals surface area contributed by atoms with E-state index in [2.05, 4.69) is 35.1 Å². The van der Waals surface area contributed by atoms with E-state index >= 15 is 0 Å². The Labute approximate surface area is 82.7 Å². The molecule has 0 atom stereocenters. The summed E-state index contributed by atoms with van der Waals surface area (Å²) in [7, 11) is 0. The summed E-state index contributed by atoms with van der Waals surface area (Å²) in [4.78, 5) is 8.38. The number of hydrogen-bond donors (Lipinski definition) is 0. The molecule has 2 heteroatoms. The lowest BCUT2D eigenvalue weighted by atomic mass is 10.1. The summed E-state index contributed by atoms with van der Waals surface area (Å²) in [5, 5.41) is 0. The van der Waals surface area contributed by atoms with E-state index < -0.39 is 0 Å². The second-order valence-electron chi connectivity index (χ2n) is 3.73. The van der Waals surface area contributed by atoms with E-state index in [1.165, 1.54) is 22.3 Å². The van der Waals surface area contributed by atoms with Crippen LogP contribution in [0.1, 0.15) is 16.7 Å². The van der Waals surface area contributed by atoms with Crippen molar-refractivity contribution in [2.24, 2.45) is 0 Å². The molecular formula is C12H10N2. The molecule has 0 saturated carbocycles. The number of aryl methyl sites for hydroxylation is 1. The lowest BCUT2D eigenvalue weighted by molar-refractivity contribution is 1.12. The molecule has 0 amide bonds. The topological polar surface area (TPSA) is 25.8 Å². The van der Waals surface area contributed by atoms with Gasteiger partial charge in [-0.2, -0.15) is 0 Å². The number of hydrogen-bond acceptors (Lipinski definition) is 2. The third-order valence-electron chi connectivity index (χ3n) is 2.69. The number of fused-ring (bicyclic) bond motifs is 3. The summed E-state index contributed by atoms with van der Waals surface area (Å²) in [5.41, 5.74) is 6.29. The molecule has 2 nitrogen and oxygen atoms in total. The highest BCUT2D eigenvalue weighted by Crippen LogP contribution is 2.34. The van der Waals surface area contributed by atoms with Crippen LogP contribution in [0.5, 0.6) is 0 Å². The highest BCUT2D eigenvalue weighted by molar-refractivity contribution is 5.73. The molecule has 0 unspecified atom stereocenters. The average molecular weight is 182 g/mol. The second-order valence-corrected chi connectivity index (χ2v) is 3.73. The molecular weight excluding hydrogens is 172 g/mol. The molecule has 0 saturated heterocycles. The number of rotatable bonds is 0. The fraction of sp³-hybridized carbons (Fsp3) is 0.167. The molecule has 1 aromatic carbocycles. The van der Waals surface area contributed by atoms with Crippen LogP contribution in [0.25, 0.3) is 11.3 Å². The first-order valence-corrected chi connectivity index (χ1v) is 4.73. The number of aromatic nitrogens is 2. The largest absolute Gasteiger partial charge is 0.244 e. The van der Waals surface area contributed by atoms with Crippen LogP contribution in [-0.2, 0) is 6.42 Å². The van der Waals surface area contributed by atoms with Crippen LogP contribution in [0, 0.1) is 6.92 Å². The van der Waals surface area contributed by atoms with Gasteiger partial charge in [0.15, 0.2) is 0 Å². The molecule has 0 spiro atoms. The van der Waals surface area contributed by atoms with E-state index in [1.54, 1.807) is 6.33 Å². The Balaban J connectivity index is 2.30. The summed E-state index contributed by atoms with van der Waals surface area (Å²) < 4.78 is 0. The van der Waals surface area contributed by atoms with Gasteiger partial charge in [0.2, 0.25) is 0 Å². The fourth-order valence-corrected chi connectivity index (χ4v) is 2.00. The maximum Gasteiger partial charge on any atom is 0.116 e. The van der Waals surface area contributed by atoms with Crippen LogP contribution in [-0.4, -0.2) is 9.97 Å². The van der Waals surface area contributed by atoms with E-state index in [9.17, 15) is 0 Å². The first-order chi connectivity index (χ1) is 6.84. The van der Waals surface area contributed by atoms with Crippen LogP contribution in [0.3, 0.4) is 0 Å². The van der Waals surface area contributed by atoms with Gasteiger partial charge in [0.1, 0.15) is 6.33 Å². The van der Waals surface area contributed by atoms with Gasteiger partial charge in [-0.25, -0.2) is 9.97 Å². The maximum absolute atomic E-state index is 4.33. The molecule has 1 aromatic heterocycles. The molecule has 14 heavy (non-hydrogen) atoms. The average Bonchev–Trinajstić information content (AvgIpc) is 2.56. The summed E-state index contributed by atoms with van der Waals surface area (Å²) in [6.45, 7) is 2.11. The summed E-state index contributed by atoms with van der Waals surface area (Å²) in [6.07, 6.45) is 4.51.